The maximum atomic E-state index is 10.2. The van der Waals surface area contributed by atoms with Crippen LogP contribution in [-0.2, 0) is 6.54 Å². The van der Waals surface area contributed by atoms with Crippen LogP contribution in [0, 0.1) is 5.92 Å². The lowest BCUT2D eigenvalue weighted by Crippen LogP contribution is -2.15. The topological polar surface area (TPSA) is 38.0 Å². The third-order valence-electron chi connectivity index (χ3n) is 3.01. The van der Waals surface area contributed by atoms with Crippen molar-refractivity contribution in [1.29, 1.82) is 0 Å². The van der Waals surface area contributed by atoms with Crippen LogP contribution in [0.1, 0.15) is 51.8 Å². The van der Waals surface area contributed by atoms with Crippen molar-refractivity contribution in [1.82, 2.24) is 9.55 Å². The molecule has 0 saturated heterocycles. The number of aryl methyl sites for hydroxylation is 1. The zero-order valence-electron chi connectivity index (χ0n) is 9.98. The Bertz CT molecular complexity index is 279. The van der Waals surface area contributed by atoms with Crippen LogP contribution in [0.2, 0.25) is 0 Å². The van der Waals surface area contributed by atoms with Crippen LogP contribution >= 0.6 is 0 Å². The number of aliphatic hydroxyl groups excluding tert-OH is 1. The summed E-state index contributed by atoms with van der Waals surface area (Å²) in [5.41, 5.74) is 0.963. The van der Waals surface area contributed by atoms with Gasteiger partial charge in [0.2, 0.25) is 0 Å². The van der Waals surface area contributed by atoms with E-state index in [2.05, 4.69) is 30.3 Å². The number of imidazole rings is 1. The second kappa shape index (κ2) is 5.91. The van der Waals surface area contributed by atoms with Crippen LogP contribution < -0.4 is 0 Å². The summed E-state index contributed by atoms with van der Waals surface area (Å²) in [4.78, 5) is 4.12. The molecule has 1 atom stereocenters. The average molecular weight is 210 g/mol. The minimum Gasteiger partial charge on any atom is -0.387 e. The van der Waals surface area contributed by atoms with E-state index in [0.29, 0.717) is 5.92 Å². The SMILES string of the molecule is CCCn1cncc1C(O)C(CC)CC. The summed E-state index contributed by atoms with van der Waals surface area (Å²) in [5, 5.41) is 10.2. The number of hydrogen-bond acceptors (Lipinski definition) is 2. The van der Waals surface area contributed by atoms with Gasteiger partial charge in [0, 0.05) is 6.54 Å². The lowest BCUT2D eigenvalue weighted by molar-refractivity contribution is 0.0953. The first kappa shape index (κ1) is 12.2. The van der Waals surface area contributed by atoms with Crippen molar-refractivity contribution in [2.24, 2.45) is 5.92 Å². The Kier molecular flexibility index (Phi) is 4.82. The summed E-state index contributed by atoms with van der Waals surface area (Å²) in [6.07, 6.45) is 6.32. The van der Waals surface area contributed by atoms with Gasteiger partial charge < -0.3 is 9.67 Å². The Morgan fingerprint density at radius 1 is 1.33 bits per heavy atom. The van der Waals surface area contributed by atoms with Gasteiger partial charge in [-0.2, -0.15) is 0 Å². The predicted octanol–water partition coefficient (Wildman–Crippen LogP) is 2.76. The molecule has 1 unspecified atom stereocenters. The third-order valence-corrected chi connectivity index (χ3v) is 3.01. The van der Waals surface area contributed by atoms with Gasteiger partial charge in [0.25, 0.3) is 0 Å². The fourth-order valence-corrected chi connectivity index (χ4v) is 1.98. The zero-order valence-corrected chi connectivity index (χ0v) is 9.98. The van der Waals surface area contributed by atoms with Crippen molar-refractivity contribution >= 4 is 0 Å². The molecule has 1 heterocycles. The number of aromatic nitrogens is 2. The molecule has 0 bridgehead atoms. The van der Waals surface area contributed by atoms with Crippen molar-refractivity contribution in [3.8, 4) is 0 Å². The molecular formula is C12H22N2O. The molecule has 3 heteroatoms. The molecule has 1 N–H and O–H groups in total. The molecule has 1 aromatic rings. The fraction of sp³-hybridized carbons (Fsp3) is 0.750. The van der Waals surface area contributed by atoms with Gasteiger partial charge in [-0.25, -0.2) is 4.98 Å². The largest absolute Gasteiger partial charge is 0.387 e. The van der Waals surface area contributed by atoms with Gasteiger partial charge in [0.05, 0.1) is 24.3 Å². The number of aliphatic hydroxyl groups is 1. The van der Waals surface area contributed by atoms with Gasteiger partial charge in [-0.3, -0.25) is 0 Å². The monoisotopic (exact) mass is 210 g/mol. The van der Waals surface area contributed by atoms with Crippen LogP contribution in [0.25, 0.3) is 0 Å². The molecule has 1 rings (SSSR count). The van der Waals surface area contributed by atoms with Crippen molar-refractivity contribution < 1.29 is 5.11 Å². The van der Waals surface area contributed by atoms with E-state index >= 15 is 0 Å². The van der Waals surface area contributed by atoms with Crippen LogP contribution in [0.3, 0.4) is 0 Å². The summed E-state index contributed by atoms with van der Waals surface area (Å²) in [6.45, 7) is 7.32. The molecule has 0 spiro atoms. The summed E-state index contributed by atoms with van der Waals surface area (Å²) in [6, 6.07) is 0. The highest BCUT2D eigenvalue weighted by molar-refractivity contribution is 5.04. The number of hydrogen-bond donors (Lipinski definition) is 1. The smallest absolute Gasteiger partial charge is 0.0983 e. The normalized spacial score (nSPS) is 13.4. The second-order valence-corrected chi connectivity index (χ2v) is 4.03. The first-order valence-electron chi connectivity index (χ1n) is 5.92. The Morgan fingerprint density at radius 2 is 2.00 bits per heavy atom. The van der Waals surface area contributed by atoms with E-state index in [0.717, 1.165) is 31.5 Å². The van der Waals surface area contributed by atoms with Gasteiger partial charge in [-0.05, 0) is 12.3 Å². The highest BCUT2D eigenvalue weighted by Gasteiger charge is 2.20. The van der Waals surface area contributed by atoms with E-state index in [-0.39, 0.29) is 6.10 Å². The molecule has 0 fully saturated rings. The van der Waals surface area contributed by atoms with Gasteiger partial charge in [-0.1, -0.05) is 33.6 Å². The minimum absolute atomic E-state index is 0.345. The fourth-order valence-electron chi connectivity index (χ4n) is 1.98. The average Bonchev–Trinajstić information content (AvgIpc) is 2.68. The first-order valence-corrected chi connectivity index (χ1v) is 5.92. The highest BCUT2D eigenvalue weighted by atomic mass is 16.3. The molecule has 0 aliphatic carbocycles. The number of nitrogens with zero attached hydrogens (tertiary/aromatic N) is 2. The molecule has 0 aromatic carbocycles. The second-order valence-electron chi connectivity index (χ2n) is 4.03. The third kappa shape index (κ3) is 2.81. The van der Waals surface area contributed by atoms with Crippen molar-refractivity contribution in [3.63, 3.8) is 0 Å². The Labute approximate surface area is 92.1 Å². The Morgan fingerprint density at radius 3 is 2.53 bits per heavy atom. The van der Waals surface area contributed by atoms with E-state index in [1.165, 1.54) is 0 Å². The molecule has 0 saturated carbocycles. The highest BCUT2D eigenvalue weighted by Crippen LogP contribution is 2.26. The van der Waals surface area contributed by atoms with E-state index in [4.69, 9.17) is 0 Å². The molecule has 3 nitrogen and oxygen atoms in total. The van der Waals surface area contributed by atoms with Crippen molar-refractivity contribution in [2.45, 2.75) is 52.7 Å². The van der Waals surface area contributed by atoms with Crippen molar-refractivity contribution in [2.75, 3.05) is 0 Å². The van der Waals surface area contributed by atoms with Crippen LogP contribution in [0.5, 0.6) is 0 Å². The van der Waals surface area contributed by atoms with Crippen LogP contribution in [0.15, 0.2) is 12.5 Å². The van der Waals surface area contributed by atoms with Crippen LogP contribution in [0.4, 0.5) is 0 Å². The van der Waals surface area contributed by atoms with Crippen molar-refractivity contribution in [3.05, 3.63) is 18.2 Å². The van der Waals surface area contributed by atoms with Gasteiger partial charge in [-0.15, -0.1) is 0 Å². The maximum absolute atomic E-state index is 10.2. The minimum atomic E-state index is -0.367. The molecular weight excluding hydrogens is 188 g/mol. The summed E-state index contributed by atoms with van der Waals surface area (Å²) >= 11 is 0. The molecule has 0 amide bonds. The molecule has 1 aromatic heterocycles. The standard InChI is InChI=1S/C12H22N2O/c1-4-7-14-9-13-8-11(14)12(15)10(5-2)6-3/h8-10,12,15H,4-7H2,1-3H3. The lowest BCUT2D eigenvalue weighted by Gasteiger charge is -2.21. The molecule has 0 radical (unpaired) electrons. The quantitative estimate of drug-likeness (QED) is 0.784. The Balaban J connectivity index is 2.79. The first-order chi connectivity index (χ1) is 7.24. The Hall–Kier alpha value is -0.830. The summed E-state index contributed by atoms with van der Waals surface area (Å²) < 4.78 is 2.06. The van der Waals surface area contributed by atoms with Gasteiger partial charge in [0.15, 0.2) is 0 Å². The van der Waals surface area contributed by atoms with Crippen LogP contribution in [-0.4, -0.2) is 14.7 Å². The van der Waals surface area contributed by atoms with Gasteiger partial charge >= 0.3 is 0 Å². The van der Waals surface area contributed by atoms with Gasteiger partial charge in [0.1, 0.15) is 0 Å². The molecule has 15 heavy (non-hydrogen) atoms. The van der Waals surface area contributed by atoms with E-state index in [1.54, 1.807) is 6.20 Å². The summed E-state index contributed by atoms with van der Waals surface area (Å²) in [7, 11) is 0. The molecule has 0 aliphatic rings. The van der Waals surface area contributed by atoms with E-state index < -0.39 is 0 Å². The molecule has 86 valence electrons. The zero-order chi connectivity index (χ0) is 11.3. The van der Waals surface area contributed by atoms with E-state index in [1.807, 2.05) is 6.33 Å². The number of rotatable bonds is 6. The molecule has 0 aliphatic heterocycles. The predicted molar refractivity (Wildman–Crippen MR) is 61.5 cm³/mol. The maximum Gasteiger partial charge on any atom is 0.0983 e. The lowest BCUT2D eigenvalue weighted by atomic mass is 9.94. The van der Waals surface area contributed by atoms with E-state index in [9.17, 15) is 5.11 Å². The summed E-state index contributed by atoms with van der Waals surface area (Å²) in [5.74, 6) is 0.345.